The molecular weight excluding hydrogens is 222 g/mol. The zero-order chi connectivity index (χ0) is 13.0. The second-order valence-corrected chi connectivity index (χ2v) is 5.40. The van der Waals surface area contributed by atoms with Gasteiger partial charge < -0.3 is 15.5 Å². The van der Waals surface area contributed by atoms with Crippen molar-refractivity contribution in [2.24, 2.45) is 0 Å². The van der Waals surface area contributed by atoms with E-state index in [0.717, 1.165) is 26.1 Å². The molecule has 0 amide bonds. The van der Waals surface area contributed by atoms with Crippen LogP contribution in [0.3, 0.4) is 0 Å². The van der Waals surface area contributed by atoms with E-state index in [1.54, 1.807) is 0 Å². The van der Waals surface area contributed by atoms with Crippen molar-refractivity contribution < 1.29 is 0 Å². The van der Waals surface area contributed by atoms with Crippen LogP contribution in [0.2, 0.25) is 0 Å². The SMILES string of the molecule is CNC(CC1CN(C)CCN1)c1ccc(C)cc1. The first-order valence-electron chi connectivity index (χ1n) is 6.85. The van der Waals surface area contributed by atoms with Crippen LogP contribution in [0, 0.1) is 6.92 Å². The Bertz CT molecular complexity index is 361. The van der Waals surface area contributed by atoms with Crippen LogP contribution in [0.5, 0.6) is 0 Å². The van der Waals surface area contributed by atoms with Crippen LogP contribution in [-0.2, 0) is 0 Å². The molecule has 0 aliphatic carbocycles. The largest absolute Gasteiger partial charge is 0.313 e. The Hall–Kier alpha value is -0.900. The molecule has 1 aliphatic rings. The number of benzene rings is 1. The number of piperazine rings is 1. The molecule has 18 heavy (non-hydrogen) atoms. The molecule has 3 nitrogen and oxygen atoms in total. The van der Waals surface area contributed by atoms with E-state index < -0.39 is 0 Å². The smallest absolute Gasteiger partial charge is 0.0332 e. The summed E-state index contributed by atoms with van der Waals surface area (Å²) in [6.45, 7) is 5.54. The minimum Gasteiger partial charge on any atom is -0.313 e. The number of hydrogen-bond donors (Lipinski definition) is 2. The highest BCUT2D eigenvalue weighted by Crippen LogP contribution is 2.19. The molecule has 2 N–H and O–H groups in total. The number of aryl methyl sites for hydroxylation is 1. The average Bonchev–Trinajstić information content (AvgIpc) is 2.37. The van der Waals surface area contributed by atoms with E-state index in [0.29, 0.717) is 12.1 Å². The van der Waals surface area contributed by atoms with E-state index >= 15 is 0 Å². The Morgan fingerprint density at radius 1 is 1.39 bits per heavy atom. The highest BCUT2D eigenvalue weighted by atomic mass is 15.2. The van der Waals surface area contributed by atoms with E-state index in [9.17, 15) is 0 Å². The third kappa shape index (κ3) is 3.55. The third-order valence-electron chi connectivity index (χ3n) is 3.81. The van der Waals surface area contributed by atoms with Gasteiger partial charge in [0.05, 0.1) is 0 Å². The lowest BCUT2D eigenvalue weighted by molar-refractivity contribution is 0.222. The highest BCUT2D eigenvalue weighted by molar-refractivity contribution is 5.24. The van der Waals surface area contributed by atoms with E-state index in [4.69, 9.17) is 0 Å². The van der Waals surface area contributed by atoms with Crippen molar-refractivity contribution in [3.8, 4) is 0 Å². The van der Waals surface area contributed by atoms with Crippen LogP contribution < -0.4 is 10.6 Å². The molecule has 3 heteroatoms. The van der Waals surface area contributed by atoms with Gasteiger partial charge in [-0.25, -0.2) is 0 Å². The predicted octanol–water partition coefficient (Wildman–Crippen LogP) is 1.55. The van der Waals surface area contributed by atoms with Crippen LogP contribution in [0.4, 0.5) is 0 Å². The fourth-order valence-electron chi connectivity index (χ4n) is 2.65. The molecule has 1 aromatic rings. The maximum absolute atomic E-state index is 3.61. The van der Waals surface area contributed by atoms with Gasteiger partial charge in [-0.2, -0.15) is 0 Å². The molecule has 2 rings (SSSR count). The molecule has 0 radical (unpaired) electrons. The summed E-state index contributed by atoms with van der Waals surface area (Å²) in [4.78, 5) is 2.41. The highest BCUT2D eigenvalue weighted by Gasteiger charge is 2.20. The summed E-state index contributed by atoms with van der Waals surface area (Å²) in [6.07, 6.45) is 1.14. The number of nitrogens with one attached hydrogen (secondary N) is 2. The minimum absolute atomic E-state index is 0.439. The Morgan fingerprint density at radius 2 is 2.11 bits per heavy atom. The predicted molar refractivity (Wildman–Crippen MR) is 76.9 cm³/mol. The molecule has 2 unspecified atom stereocenters. The summed E-state index contributed by atoms with van der Waals surface area (Å²) in [7, 11) is 4.26. The summed E-state index contributed by atoms with van der Waals surface area (Å²) in [5.74, 6) is 0. The summed E-state index contributed by atoms with van der Waals surface area (Å²) in [5, 5.41) is 7.06. The van der Waals surface area contributed by atoms with Crippen molar-refractivity contribution in [1.29, 1.82) is 0 Å². The molecule has 1 saturated heterocycles. The molecule has 2 atom stereocenters. The zero-order valence-corrected chi connectivity index (χ0v) is 11.7. The van der Waals surface area contributed by atoms with Crippen molar-refractivity contribution >= 4 is 0 Å². The van der Waals surface area contributed by atoms with E-state index in [1.165, 1.54) is 11.1 Å². The van der Waals surface area contributed by atoms with Crippen LogP contribution >= 0.6 is 0 Å². The molecule has 0 saturated carbocycles. The van der Waals surface area contributed by atoms with Crippen LogP contribution in [0.25, 0.3) is 0 Å². The maximum Gasteiger partial charge on any atom is 0.0332 e. The first-order valence-corrected chi connectivity index (χ1v) is 6.85. The van der Waals surface area contributed by atoms with E-state index in [-0.39, 0.29) is 0 Å². The molecule has 1 fully saturated rings. The normalized spacial score (nSPS) is 22.9. The van der Waals surface area contributed by atoms with Crippen molar-refractivity contribution in [3.63, 3.8) is 0 Å². The second-order valence-electron chi connectivity index (χ2n) is 5.40. The number of hydrogen-bond acceptors (Lipinski definition) is 3. The first kappa shape index (κ1) is 13.5. The molecule has 0 bridgehead atoms. The Balaban J connectivity index is 1.98. The fraction of sp³-hybridized carbons (Fsp3) is 0.600. The van der Waals surface area contributed by atoms with Crippen molar-refractivity contribution in [3.05, 3.63) is 35.4 Å². The quantitative estimate of drug-likeness (QED) is 0.845. The monoisotopic (exact) mass is 247 g/mol. The van der Waals surface area contributed by atoms with Crippen molar-refractivity contribution in [2.75, 3.05) is 33.7 Å². The Morgan fingerprint density at radius 3 is 2.72 bits per heavy atom. The van der Waals surface area contributed by atoms with Crippen LogP contribution in [0.1, 0.15) is 23.6 Å². The first-order chi connectivity index (χ1) is 8.69. The lowest BCUT2D eigenvalue weighted by Gasteiger charge is -2.33. The lowest BCUT2D eigenvalue weighted by atomic mass is 9.97. The standard InChI is InChI=1S/C15H25N3/c1-12-4-6-13(7-5-12)15(16-2)10-14-11-18(3)9-8-17-14/h4-7,14-17H,8-11H2,1-3H3. The van der Waals surface area contributed by atoms with E-state index in [1.807, 2.05) is 0 Å². The van der Waals surface area contributed by atoms with Gasteiger partial charge in [-0.15, -0.1) is 0 Å². The molecule has 1 aliphatic heterocycles. The van der Waals surface area contributed by atoms with Gasteiger partial charge in [0, 0.05) is 31.7 Å². The van der Waals surface area contributed by atoms with Gasteiger partial charge in [-0.3, -0.25) is 0 Å². The van der Waals surface area contributed by atoms with Gasteiger partial charge in [-0.1, -0.05) is 29.8 Å². The maximum atomic E-state index is 3.61. The van der Waals surface area contributed by atoms with Gasteiger partial charge >= 0.3 is 0 Å². The molecular formula is C15H25N3. The number of nitrogens with zero attached hydrogens (tertiary/aromatic N) is 1. The summed E-state index contributed by atoms with van der Waals surface area (Å²) in [5.41, 5.74) is 2.71. The molecule has 1 aromatic carbocycles. The zero-order valence-electron chi connectivity index (χ0n) is 11.7. The lowest BCUT2D eigenvalue weighted by Crippen LogP contribution is -2.50. The third-order valence-corrected chi connectivity index (χ3v) is 3.81. The average molecular weight is 247 g/mol. The van der Waals surface area contributed by atoms with Gasteiger partial charge in [0.15, 0.2) is 0 Å². The Kier molecular flexibility index (Phi) is 4.75. The number of likely N-dealkylation sites (N-methyl/N-ethyl adjacent to an activating group) is 1. The van der Waals surface area contributed by atoms with Gasteiger partial charge in [-0.05, 0) is 33.0 Å². The molecule has 0 aromatic heterocycles. The number of rotatable bonds is 4. The van der Waals surface area contributed by atoms with E-state index in [2.05, 4.69) is 60.8 Å². The van der Waals surface area contributed by atoms with Crippen LogP contribution in [-0.4, -0.2) is 44.7 Å². The minimum atomic E-state index is 0.439. The van der Waals surface area contributed by atoms with Gasteiger partial charge in [0.1, 0.15) is 0 Å². The van der Waals surface area contributed by atoms with Crippen LogP contribution in [0.15, 0.2) is 24.3 Å². The summed E-state index contributed by atoms with van der Waals surface area (Å²) in [6, 6.07) is 9.89. The molecule has 0 spiro atoms. The molecule has 100 valence electrons. The second kappa shape index (κ2) is 6.32. The fourth-order valence-corrected chi connectivity index (χ4v) is 2.65. The van der Waals surface area contributed by atoms with Crippen molar-refractivity contribution in [1.82, 2.24) is 15.5 Å². The summed E-state index contributed by atoms with van der Waals surface area (Å²) < 4.78 is 0. The van der Waals surface area contributed by atoms with Gasteiger partial charge in [0.2, 0.25) is 0 Å². The summed E-state index contributed by atoms with van der Waals surface area (Å²) >= 11 is 0. The van der Waals surface area contributed by atoms with Gasteiger partial charge in [0.25, 0.3) is 0 Å². The molecule has 1 heterocycles. The topological polar surface area (TPSA) is 27.3 Å². The van der Waals surface area contributed by atoms with Crippen molar-refractivity contribution in [2.45, 2.75) is 25.4 Å². The Labute approximate surface area is 111 Å².